The molecule has 0 spiro atoms. The number of hydrogen-bond acceptors (Lipinski definition) is 1. The van der Waals surface area contributed by atoms with Crippen LogP contribution in [0.4, 0.5) is 13.2 Å². The number of rotatable bonds is 2. The van der Waals surface area contributed by atoms with Crippen LogP contribution in [0.3, 0.4) is 0 Å². The standard InChI is InChI=1S/C8H7F3O/c1-2-12-8-6(10)3-5(9)4-7(8)11/h3-4H,2H2,1H3. The highest BCUT2D eigenvalue weighted by atomic mass is 19.1. The maximum Gasteiger partial charge on any atom is 0.190 e. The molecule has 0 radical (unpaired) electrons. The summed E-state index contributed by atoms with van der Waals surface area (Å²) in [4.78, 5) is 0. The van der Waals surface area contributed by atoms with Crippen LogP contribution in [0, 0.1) is 17.5 Å². The van der Waals surface area contributed by atoms with Crippen LogP contribution in [-0.2, 0) is 0 Å². The predicted octanol–water partition coefficient (Wildman–Crippen LogP) is 2.50. The van der Waals surface area contributed by atoms with Gasteiger partial charge in [0.1, 0.15) is 5.82 Å². The first kappa shape index (κ1) is 8.90. The summed E-state index contributed by atoms with van der Waals surface area (Å²) in [5.74, 6) is -3.52. The molecule has 4 heteroatoms. The Kier molecular flexibility index (Phi) is 2.58. The van der Waals surface area contributed by atoms with Crippen LogP contribution in [0.1, 0.15) is 6.92 Å². The molecule has 0 atom stereocenters. The third kappa shape index (κ3) is 1.69. The Morgan fingerprint density at radius 1 is 1.17 bits per heavy atom. The number of hydrogen-bond donors (Lipinski definition) is 0. The van der Waals surface area contributed by atoms with Crippen molar-refractivity contribution in [1.82, 2.24) is 0 Å². The Morgan fingerprint density at radius 3 is 2.08 bits per heavy atom. The van der Waals surface area contributed by atoms with Gasteiger partial charge in [-0.15, -0.1) is 0 Å². The van der Waals surface area contributed by atoms with Crippen LogP contribution < -0.4 is 4.74 Å². The Hall–Kier alpha value is -1.19. The van der Waals surface area contributed by atoms with Crippen molar-refractivity contribution in [3.63, 3.8) is 0 Å². The third-order valence-electron chi connectivity index (χ3n) is 1.25. The zero-order chi connectivity index (χ0) is 9.14. The van der Waals surface area contributed by atoms with E-state index in [1.54, 1.807) is 6.92 Å². The van der Waals surface area contributed by atoms with Crippen molar-refractivity contribution in [2.24, 2.45) is 0 Å². The normalized spacial score (nSPS) is 10.0. The van der Waals surface area contributed by atoms with E-state index in [9.17, 15) is 13.2 Å². The molecular weight excluding hydrogens is 169 g/mol. The summed E-state index contributed by atoms with van der Waals surface area (Å²) in [6, 6.07) is 1.15. The molecule has 0 unspecified atom stereocenters. The molecule has 1 aromatic rings. The Morgan fingerprint density at radius 2 is 1.67 bits per heavy atom. The molecule has 0 amide bonds. The molecule has 1 rings (SSSR count). The monoisotopic (exact) mass is 176 g/mol. The molecule has 0 aliphatic heterocycles. The van der Waals surface area contributed by atoms with Crippen LogP contribution in [-0.4, -0.2) is 6.61 Å². The van der Waals surface area contributed by atoms with E-state index < -0.39 is 23.2 Å². The largest absolute Gasteiger partial charge is 0.488 e. The van der Waals surface area contributed by atoms with E-state index >= 15 is 0 Å². The number of benzene rings is 1. The first-order valence-electron chi connectivity index (χ1n) is 3.42. The van der Waals surface area contributed by atoms with Gasteiger partial charge in [0.25, 0.3) is 0 Å². The second-order valence-electron chi connectivity index (χ2n) is 2.13. The summed E-state index contributed by atoms with van der Waals surface area (Å²) in [6.45, 7) is 1.72. The maximum absolute atomic E-state index is 12.7. The van der Waals surface area contributed by atoms with Gasteiger partial charge in [-0.1, -0.05) is 0 Å². The summed E-state index contributed by atoms with van der Waals surface area (Å²) in [7, 11) is 0. The van der Waals surface area contributed by atoms with Gasteiger partial charge >= 0.3 is 0 Å². The van der Waals surface area contributed by atoms with E-state index in [2.05, 4.69) is 4.74 Å². The highest BCUT2D eigenvalue weighted by Crippen LogP contribution is 2.22. The van der Waals surface area contributed by atoms with Crippen LogP contribution in [0.25, 0.3) is 0 Å². The van der Waals surface area contributed by atoms with Gasteiger partial charge in [0.2, 0.25) is 0 Å². The van der Waals surface area contributed by atoms with E-state index in [0.717, 1.165) is 0 Å². The molecule has 0 bridgehead atoms. The van der Waals surface area contributed by atoms with Crippen LogP contribution in [0.2, 0.25) is 0 Å². The van der Waals surface area contributed by atoms with E-state index in [4.69, 9.17) is 0 Å². The van der Waals surface area contributed by atoms with Gasteiger partial charge in [0.05, 0.1) is 6.61 Å². The van der Waals surface area contributed by atoms with Gasteiger partial charge in [-0.3, -0.25) is 0 Å². The van der Waals surface area contributed by atoms with Crippen LogP contribution in [0.15, 0.2) is 12.1 Å². The van der Waals surface area contributed by atoms with Crippen LogP contribution >= 0.6 is 0 Å². The predicted molar refractivity (Wildman–Crippen MR) is 37.5 cm³/mol. The Labute approximate surface area is 67.8 Å². The first-order chi connectivity index (χ1) is 5.65. The molecule has 66 valence electrons. The third-order valence-corrected chi connectivity index (χ3v) is 1.25. The lowest BCUT2D eigenvalue weighted by molar-refractivity contribution is 0.300. The van der Waals surface area contributed by atoms with Crippen molar-refractivity contribution in [3.05, 3.63) is 29.6 Å². The topological polar surface area (TPSA) is 9.23 Å². The molecule has 0 aliphatic carbocycles. The second kappa shape index (κ2) is 3.47. The number of halogens is 3. The van der Waals surface area contributed by atoms with Crippen molar-refractivity contribution < 1.29 is 17.9 Å². The van der Waals surface area contributed by atoms with Gasteiger partial charge in [-0.2, -0.15) is 0 Å². The molecular formula is C8H7F3O. The molecule has 12 heavy (non-hydrogen) atoms. The fraction of sp³-hybridized carbons (Fsp3) is 0.250. The molecule has 0 saturated carbocycles. The summed E-state index contributed by atoms with van der Waals surface area (Å²) < 4.78 is 42.3. The van der Waals surface area contributed by atoms with Crippen molar-refractivity contribution in [3.8, 4) is 5.75 Å². The lowest BCUT2D eigenvalue weighted by atomic mass is 10.3. The SMILES string of the molecule is CCOc1c(F)cc(F)cc1F. The number of ether oxygens (including phenoxy) is 1. The summed E-state index contributed by atoms with van der Waals surface area (Å²) >= 11 is 0. The van der Waals surface area contributed by atoms with Gasteiger partial charge in [-0.25, -0.2) is 13.2 Å². The zero-order valence-corrected chi connectivity index (χ0v) is 6.40. The van der Waals surface area contributed by atoms with Gasteiger partial charge < -0.3 is 4.74 Å². The van der Waals surface area contributed by atoms with E-state index in [-0.39, 0.29) is 6.61 Å². The zero-order valence-electron chi connectivity index (χ0n) is 6.40. The Balaban J connectivity index is 3.10. The second-order valence-corrected chi connectivity index (χ2v) is 2.13. The minimum atomic E-state index is -1.02. The molecule has 1 nitrogen and oxygen atoms in total. The van der Waals surface area contributed by atoms with Crippen molar-refractivity contribution in [1.29, 1.82) is 0 Å². The van der Waals surface area contributed by atoms with Crippen LogP contribution in [0.5, 0.6) is 5.75 Å². The van der Waals surface area contributed by atoms with Gasteiger partial charge in [0, 0.05) is 12.1 Å². The molecule has 0 heterocycles. The minimum absolute atomic E-state index is 0.138. The molecule has 0 fully saturated rings. The summed E-state index contributed by atoms with van der Waals surface area (Å²) in [5.41, 5.74) is 0. The first-order valence-corrected chi connectivity index (χ1v) is 3.42. The molecule has 0 aromatic heterocycles. The molecule has 0 saturated heterocycles. The van der Waals surface area contributed by atoms with Crippen molar-refractivity contribution >= 4 is 0 Å². The fourth-order valence-electron chi connectivity index (χ4n) is 0.811. The van der Waals surface area contributed by atoms with E-state index in [1.165, 1.54) is 0 Å². The van der Waals surface area contributed by atoms with Crippen molar-refractivity contribution in [2.45, 2.75) is 6.92 Å². The quantitative estimate of drug-likeness (QED) is 0.672. The maximum atomic E-state index is 12.7. The molecule has 1 aromatic carbocycles. The highest BCUT2D eigenvalue weighted by molar-refractivity contribution is 5.26. The van der Waals surface area contributed by atoms with Crippen molar-refractivity contribution in [2.75, 3.05) is 6.61 Å². The molecule has 0 aliphatic rings. The highest BCUT2D eigenvalue weighted by Gasteiger charge is 2.11. The van der Waals surface area contributed by atoms with E-state index in [1.807, 2.05) is 0 Å². The van der Waals surface area contributed by atoms with E-state index in [0.29, 0.717) is 12.1 Å². The average molecular weight is 176 g/mol. The smallest absolute Gasteiger partial charge is 0.190 e. The lowest BCUT2D eigenvalue weighted by Crippen LogP contribution is -1.98. The fourth-order valence-corrected chi connectivity index (χ4v) is 0.811. The summed E-state index contributed by atoms with van der Waals surface area (Å²) in [6.07, 6.45) is 0. The lowest BCUT2D eigenvalue weighted by Gasteiger charge is -2.04. The Bertz CT molecular complexity index is 263. The van der Waals surface area contributed by atoms with Gasteiger partial charge in [0.15, 0.2) is 17.4 Å². The molecule has 0 N–H and O–H groups in total. The minimum Gasteiger partial charge on any atom is -0.488 e. The van der Waals surface area contributed by atoms with Gasteiger partial charge in [-0.05, 0) is 6.92 Å². The summed E-state index contributed by atoms with van der Waals surface area (Å²) in [5, 5.41) is 0. The average Bonchev–Trinajstić information content (AvgIpc) is 1.96.